The average Bonchev–Trinajstić information content (AvgIpc) is 2.72. The highest BCUT2D eigenvalue weighted by molar-refractivity contribution is 5.75. The van der Waals surface area contributed by atoms with Gasteiger partial charge < -0.3 is 15.2 Å². The van der Waals surface area contributed by atoms with Gasteiger partial charge in [-0.25, -0.2) is 4.79 Å². The van der Waals surface area contributed by atoms with Crippen molar-refractivity contribution in [1.82, 2.24) is 4.90 Å². The topological polar surface area (TPSA) is 81.9 Å². The lowest BCUT2D eigenvalue weighted by molar-refractivity contribution is -0.148. The molecule has 1 amide bonds. The molecule has 0 radical (unpaired) electrons. The van der Waals surface area contributed by atoms with Gasteiger partial charge in [-0.2, -0.15) is 0 Å². The van der Waals surface area contributed by atoms with E-state index in [-0.39, 0.29) is 25.2 Å². The number of amides is 1. The molecule has 1 aliphatic rings. The van der Waals surface area contributed by atoms with E-state index in [1.807, 2.05) is 60.7 Å². The zero-order valence-corrected chi connectivity index (χ0v) is 15.3. The van der Waals surface area contributed by atoms with E-state index in [2.05, 4.69) is 0 Å². The number of carbonyl (C=O) groups is 2. The maximum Gasteiger partial charge on any atom is 0.410 e. The Bertz CT molecular complexity index is 766. The fourth-order valence-corrected chi connectivity index (χ4v) is 3.52. The molecule has 2 aromatic rings. The number of piperidine rings is 1. The monoisotopic (exact) mass is 368 g/mol. The van der Waals surface area contributed by atoms with Gasteiger partial charge in [0, 0.05) is 12.6 Å². The number of nitrogens with zero attached hydrogens (tertiary/aromatic N) is 1. The summed E-state index contributed by atoms with van der Waals surface area (Å²) >= 11 is 0. The van der Waals surface area contributed by atoms with Gasteiger partial charge in [0.25, 0.3) is 0 Å². The van der Waals surface area contributed by atoms with Crippen LogP contribution < -0.4 is 5.73 Å². The highest BCUT2D eigenvalue weighted by Gasteiger charge is 2.41. The molecule has 1 saturated heterocycles. The number of methoxy groups -OCH3 is 1. The molecule has 1 aliphatic heterocycles. The molecular formula is C21H24N2O4. The number of carbonyl (C=O) groups excluding carboxylic acids is 2. The van der Waals surface area contributed by atoms with Gasteiger partial charge in [0.05, 0.1) is 19.1 Å². The van der Waals surface area contributed by atoms with Crippen molar-refractivity contribution in [2.45, 2.75) is 25.1 Å². The molecule has 2 aromatic carbocycles. The second kappa shape index (κ2) is 8.68. The fourth-order valence-electron chi connectivity index (χ4n) is 3.52. The predicted molar refractivity (Wildman–Crippen MR) is 101 cm³/mol. The first kappa shape index (κ1) is 18.9. The van der Waals surface area contributed by atoms with Crippen LogP contribution in [-0.2, 0) is 20.9 Å². The van der Waals surface area contributed by atoms with Crippen LogP contribution in [0.15, 0.2) is 60.7 Å². The zero-order valence-electron chi connectivity index (χ0n) is 15.3. The molecule has 142 valence electrons. The van der Waals surface area contributed by atoms with Gasteiger partial charge in [-0.15, -0.1) is 0 Å². The molecule has 0 spiro atoms. The lowest BCUT2D eigenvalue weighted by Gasteiger charge is -2.42. The normalized spacial score (nSPS) is 22.1. The third-order valence-electron chi connectivity index (χ3n) is 4.83. The number of rotatable bonds is 4. The first-order valence-corrected chi connectivity index (χ1v) is 8.96. The zero-order chi connectivity index (χ0) is 19.2. The van der Waals surface area contributed by atoms with Gasteiger partial charge in [0.15, 0.2) is 0 Å². The van der Waals surface area contributed by atoms with E-state index in [9.17, 15) is 9.59 Å². The maximum atomic E-state index is 12.9. The van der Waals surface area contributed by atoms with E-state index < -0.39 is 18.1 Å². The van der Waals surface area contributed by atoms with E-state index in [0.717, 1.165) is 11.1 Å². The van der Waals surface area contributed by atoms with Crippen molar-refractivity contribution in [2.24, 2.45) is 11.7 Å². The number of ether oxygens (including phenoxy) is 2. The molecule has 1 fully saturated rings. The highest BCUT2D eigenvalue weighted by Crippen LogP contribution is 2.33. The van der Waals surface area contributed by atoms with Crippen molar-refractivity contribution in [1.29, 1.82) is 0 Å². The number of nitrogens with two attached hydrogens (primary N) is 1. The Hall–Kier alpha value is -2.86. The number of benzene rings is 2. The van der Waals surface area contributed by atoms with Crippen molar-refractivity contribution in [3.8, 4) is 0 Å². The minimum absolute atomic E-state index is 0.163. The van der Waals surface area contributed by atoms with Crippen molar-refractivity contribution < 1.29 is 19.1 Å². The summed E-state index contributed by atoms with van der Waals surface area (Å²) in [5.41, 5.74) is 8.19. The fraction of sp³-hybridized carbons (Fsp3) is 0.333. The molecule has 0 saturated carbocycles. The van der Waals surface area contributed by atoms with Crippen molar-refractivity contribution >= 4 is 12.1 Å². The van der Waals surface area contributed by atoms with Crippen LogP contribution in [-0.4, -0.2) is 36.7 Å². The molecule has 6 heteroatoms. The van der Waals surface area contributed by atoms with E-state index in [4.69, 9.17) is 15.2 Å². The van der Waals surface area contributed by atoms with E-state index in [0.29, 0.717) is 6.42 Å². The SMILES string of the molecule is COC(=O)C1CC(N)C(c2ccccc2)N(C(=O)OCc2ccccc2)C1. The molecule has 3 rings (SSSR count). The van der Waals surface area contributed by atoms with E-state index >= 15 is 0 Å². The van der Waals surface area contributed by atoms with Crippen molar-refractivity contribution in [3.63, 3.8) is 0 Å². The summed E-state index contributed by atoms with van der Waals surface area (Å²) < 4.78 is 10.4. The van der Waals surface area contributed by atoms with E-state index in [1.165, 1.54) is 7.11 Å². The third kappa shape index (κ3) is 4.46. The number of hydrogen-bond donors (Lipinski definition) is 1. The Morgan fingerprint density at radius 3 is 2.33 bits per heavy atom. The van der Waals surface area contributed by atoms with Crippen molar-refractivity contribution in [3.05, 3.63) is 71.8 Å². The summed E-state index contributed by atoms with van der Waals surface area (Å²) in [6, 6.07) is 18.3. The summed E-state index contributed by atoms with van der Waals surface area (Å²) in [4.78, 5) is 26.4. The van der Waals surface area contributed by atoms with Crippen molar-refractivity contribution in [2.75, 3.05) is 13.7 Å². The van der Waals surface area contributed by atoms with Gasteiger partial charge in [0.1, 0.15) is 6.61 Å². The van der Waals surface area contributed by atoms with Gasteiger partial charge in [-0.1, -0.05) is 60.7 Å². The summed E-state index contributed by atoms with van der Waals surface area (Å²) in [5.74, 6) is -0.827. The smallest absolute Gasteiger partial charge is 0.410 e. The Labute approximate surface area is 158 Å². The van der Waals surface area contributed by atoms with Crippen LogP contribution in [0.25, 0.3) is 0 Å². The molecule has 0 aromatic heterocycles. The first-order chi connectivity index (χ1) is 13.1. The molecular weight excluding hydrogens is 344 g/mol. The van der Waals surface area contributed by atoms with Crippen LogP contribution in [0.5, 0.6) is 0 Å². The first-order valence-electron chi connectivity index (χ1n) is 8.96. The molecule has 27 heavy (non-hydrogen) atoms. The predicted octanol–water partition coefficient (Wildman–Crippen LogP) is 2.89. The molecule has 3 atom stereocenters. The second-order valence-corrected chi connectivity index (χ2v) is 6.67. The van der Waals surface area contributed by atoms with E-state index in [1.54, 1.807) is 4.90 Å². The summed E-state index contributed by atoms with van der Waals surface area (Å²) in [6.07, 6.45) is -0.0360. The standard InChI is InChI=1S/C21H24N2O4/c1-26-20(24)17-12-18(22)19(16-10-6-3-7-11-16)23(13-17)21(25)27-14-15-8-4-2-5-9-15/h2-11,17-19H,12-14,22H2,1H3. The highest BCUT2D eigenvalue weighted by atomic mass is 16.6. The molecule has 0 aliphatic carbocycles. The van der Waals surface area contributed by atoms with Gasteiger partial charge in [0.2, 0.25) is 0 Å². The van der Waals surface area contributed by atoms with Crippen LogP contribution in [0.2, 0.25) is 0 Å². The average molecular weight is 368 g/mol. The Kier molecular flexibility index (Phi) is 6.08. The molecule has 1 heterocycles. The van der Waals surface area contributed by atoms with Crippen LogP contribution in [0.1, 0.15) is 23.6 Å². The molecule has 0 bridgehead atoms. The van der Waals surface area contributed by atoms with Crippen LogP contribution in [0, 0.1) is 5.92 Å². The Balaban J connectivity index is 1.80. The summed E-state index contributed by atoms with van der Waals surface area (Å²) in [6.45, 7) is 0.378. The lowest BCUT2D eigenvalue weighted by Crippen LogP contribution is -2.53. The Morgan fingerprint density at radius 1 is 1.07 bits per heavy atom. The molecule has 3 unspecified atom stereocenters. The molecule has 6 nitrogen and oxygen atoms in total. The summed E-state index contributed by atoms with van der Waals surface area (Å²) in [7, 11) is 1.34. The van der Waals surface area contributed by atoms with Crippen LogP contribution >= 0.6 is 0 Å². The Morgan fingerprint density at radius 2 is 1.70 bits per heavy atom. The number of likely N-dealkylation sites (tertiary alicyclic amines) is 1. The minimum atomic E-state index is -0.489. The number of hydrogen-bond acceptors (Lipinski definition) is 5. The maximum absolute atomic E-state index is 12.9. The van der Waals surface area contributed by atoms with Gasteiger partial charge >= 0.3 is 12.1 Å². The molecule has 2 N–H and O–H groups in total. The van der Waals surface area contributed by atoms with Gasteiger partial charge in [-0.3, -0.25) is 9.69 Å². The van der Waals surface area contributed by atoms with Gasteiger partial charge in [-0.05, 0) is 17.5 Å². The third-order valence-corrected chi connectivity index (χ3v) is 4.83. The summed E-state index contributed by atoms with van der Waals surface area (Å²) in [5, 5.41) is 0. The second-order valence-electron chi connectivity index (χ2n) is 6.67. The quantitative estimate of drug-likeness (QED) is 0.839. The largest absolute Gasteiger partial charge is 0.469 e. The van der Waals surface area contributed by atoms with Crippen LogP contribution in [0.4, 0.5) is 4.79 Å². The van der Waals surface area contributed by atoms with Crippen LogP contribution in [0.3, 0.4) is 0 Å². The number of esters is 1. The minimum Gasteiger partial charge on any atom is -0.469 e. The lowest BCUT2D eigenvalue weighted by atomic mass is 9.85.